The van der Waals surface area contributed by atoms with E-state index in [1.165, 1.54) is 5.56 Å². The van der Waals surface area contributed by atoms with Gasteiger partial charge < -0.3 is 14.5 Å². The van der Waals surface area contributed by atoms with Gasteiger partial charge in [-0.25, -0.2) is 4.98 Å². The molecule has 0 aliphatic carbocycles. The Balaban J connectivity index is 1.75. The van der Waals surface area contributed by atoms with E-state index in [4.69, 9.17) is 14.5 Å². The molecule has 0 saturated heterocycles. The summed E-state index contributed by atoms with van der Waals surface area (Å²) in [7, 11) is 1.65. The molecule has 2 heterocycles. The van der Waals surface area contributed by atoms with Crippen molar-refractivity contribution >= 4 is 0 Å². The maximum Gasteiger partial charge on any atom is 0.254 e. The highest BCUT2D eigenvalue weighted by Crippen LogP contribution is 2.28. The van der Waals surface area contributed by atoms with Crippen molar-refractivity contribution in [1.29, 1.82) is 0 Å². The van der Waals surface area contributed by atoms with Crippen LogP contribution in [0.1, 0.15) is 49.3 Å². The summed E-state index contributed by atoms with van der Waals surface area (Å²) in [6.45, 7) is 9.21. The first-order valence-corrected chi connectivity index (χ1v) is 9.65. The van der Waals surface area contributed by atoms with Crippen LogP contribution in [0.2, 0.25) is 0 Å². The molecule has 1 aromatic heterocycles. The molecule has 2 aromatic rings. The molecule has 0 fully saturated rings. The Kier molecular flexibility index (Phi) is 6.16. The van der Waals surface area contributed by atoms with Crippen LogP contribution in [0.4, 0.5) is 0 Å². The second kappa shape index (κ2) is 8.57. The van der Waals surface area contributed by atoms with Crippen molar-refractivity contribution in [3.8, 4) is 11.5 Å². The van der Waals surface area contributed by atoms with Gasteiger partial charge in [-0.05, 0) is 31.0 Å². The molecule has 6 nitrogen and oxygen atoms in total. The average Bonchev–Trinajstić information content (AvgIpc) is 2.85. The topological polar surface area (TPSA) is 67.5 Å². The van der Waals surface area contributed by atoms with Gasteiger partial charge in [-0.1, -0.05) is 19.9 Å². The summed E-state index contributed by atoms with van der Waals surface area (Å²) in [4.78, 5) is 22.5. The van der Waals surface area contributed by atoms with Crippen LogP contribution in [0.25, 0.3) is 0 Å². The van der Waals surface area contributed by atoms with Gasteiger partial charge >= 0.3 is 0 Å². The standard InChI is InChI=1S/C21H29N3O3/c1-5-27-19-12-15(6-7-18(19)26-4)13-24-10-8-16-17(9-11-24)22-20(14(2)3)23-21(16)25/h6-7,12,14H,5,8-11,13H2,1-4H3,(H,22,23,25). The molecule has 0 unspecified atom stereocenters. The maximum absolute atomic E-state index is 12.4. The fourth-order valence-corrected chi connectivity index (χ4v) is 3.45. The number of hydrogen-bond acceptors (Lipinski definition) is 5. The minimum Gasteiger partial charge on any atom is -0.493 e. The van der Waals surface area contributed by atoms with E-state index in [1.807, 2.05) is 32.9 Å². The number of fused-ring (bicyclic) bond motifs is 1. The first kappa shape index (κ1) is 19.4. The molecule has 3 rings (SSSR count). The van der Waals surface area contributed by atoms with Crippen LogP contribution in [0.15, 0.2) is 23.0 Å². The van der Waals surface area contributed by atoms with Crippen LogP contribution in [0.3, 0.4) is 0 Å². The molecule has 0 amide bonds. The Morgan fingerprint density at radius 1 is 1.22 bits per heavy atom. The van der Waals surface area contributed by atoms with Gasteiger partial charge in [-0.3, -0.25) is 9.69 Å². The van der Waals surface area contributed by atoms with E-state index >= 15 is 0 Å². The molecule has 0 radical (unpaired) electrons. The Hall–Kier alpha value is -2.34. The summed E-state index contributed by atoms with van der Waals surface area (Å²) < 4.78 is 11.0. The van der Waals surface area contributed by atoms with E-state index in [2.05, 4.69) is 16.0 Å². The maximum atomic E-state index is 12.4. The van der Waals surface area contributed by atoms with Crippen molar-refractivity contribution < 1.29 is 9.47 Å². The number of rotatable bonds is 6. The van der Waals surface area contributed by atoms with Crippen LogP contribution in [-0.2, 0) is 19.4 Å². The molecule has 1 aliphatic heterocycles. The number of H-pyrrole nitrogens is 1. The zero-order valence-electron chi connectivity index (χ0n) is 16.7. The normalized spacial score (nSPS) is 14.7. The molecule has 6 heteroatoms. The first-order chi connectivity index (χ1) is 13.0. The van der Waals surface area contributed by atoms with Gasteiger partial charge in [-0.15, -0.1) is 0 Å². The highest BCUT2D eigenvalue weighted by atomic mass is 16.5. The van der Waals surface area contributed by atoms with Gasteiger partial charge in [0.05, 0.1) is 19.4 Å². The second-order valence-electron chi connectivity index (χ2n) is 7.23. The van der Waals surface area contributed by atoms with Crippen molar-refractivity contribution in [2.24, 2.45) is 0 Å². The lowest BCUT2D eigenvalue weighted by Gasteiger charge is -2.20. The highest BCUT2D eigenvalue weighted by Gasteiger charge is 2.20. The molecule has 1 aliphatic rings. The predicted molar refractivity (Wildman–Crippen MR) is 106 cm³/mol. The van der Waals surface area contributed by atoms with Crippen LogP contribution in [0, 0.1) is 0 Å². The summed E-state index contributed by atoms with van der Waals surface area (Å²) in [5.74, 6) is 2.53. The molecule has 0 saturated carbocycles. The van der Waals surface area contributed by atoms with E-state index in [1.54, 1.807) is 7.11 Å². The fourth-order valence-electron chi connectivity index (χ4n) is 3.45. The number of methoxy groups -OCH3 is 1. The largest absolute Gasteiger partial charge is 0.493 e. The number of ether oxygens (including phenoxy) is 2. The minimum absolute atomic E-state index is 0.0219. The predicted octanol–water partition coefficient (Wildman–Crippen LogP) is 2.90. The summed E-state index contributed by atoms with van der Waals surface area (Å²) in [5, 5.41) is 0. The molecule has 0 atom stereocenters. The number of nitrogens with one attached hydrogen (secondary N) is 1. The lowest BCUT2D eigenvalue weighted by atomic mass is 10.1. The molecule has 1 N–H and O–H groups in total. The SMILES string of the molecule is CCOc1cc(CN2CCc3nc(C(C)C)[nH]c(=O)c3CC2)ccc1OC. The smallest absolute Gasteiger partial charge is 0.254 e. The Morgan fingerprint density at radius 3 is 2.70 bits per heavy atom. The quantitative estimate of drug-likeness (QED) is 0.846. The zero-order valence-corrected chi connectivity index (χ0v) is 16.7. The summed E-state index contributed by atoms with van der Waals surface area (Å²) in [6, 6.07) is 6.07. The number of nitrogens with zero attached hydrogens (tertiary/aromatic N) is 2. The minimum atomic E-state index is 0.0219. The first-order valence-electron chi connectivity index (χ1n) is 9.65. The summed E-state index contributed by atoms with van der Waals surface area (Å²) in [6.07, 6.45) is 1.53. The van der Waals surface area contributed by atoms with Crippen molar-refractivity contribution in [1.82, 2.24) is 14.9 Å². The van der Waals surface area contributed by atoms with Crippen LogP contribution < -0.4 is 15.0 Å². The van der Waals surface area contributed by atoms with Crippen LogP contribution in [-0.4, -0.2) is 41.7 Å². The molecule has 146 valence electrons. The molecule has 1 aromatic carbocycles. The van der Waals surface area contributed by atoms with Crippen molar-refractivity contribution in [2.45, 2.75) is 46.1 Å². The average molecular weight is 371 g/mol. The lowest BCUT2D eigenvalue weighted by molar-refractivity contribution is 0.276. The van der Waals surface area contributed by atoms with Crippen molar-refractivity contribution in [2.75, 3.05) is 26.8 Å². The van der Waals surface area contributed by atoms with Gasteiger partial charge in [-0.2, -0.15) is 0 Å². The molecule has 0 bridgehead atoms. The zero-order chi connectivity index (χ0) is 19.4. The number of aromatic nitrogens is 2. The lowest BCUT2D eigenvalue weighted by Crippen LogP contribution is -2.26. The van der Waals surface area contributed by atoms with Gasteiger partial charge in [0.1, 0.15) is 5.82 Å². The van der Waals surface area contributed by atoms with Gasteiger partial charge in [0.15, 0.2) is 11.5 Å². The number of aromatic amines is 1. The monoisotopic (exact) mass is 371 g/mol. The van der Waals surface area contributed by atoms with E-state index in [9.17, 15) is 4.79 Å². The molecular formula is C21H29N3O3. The third-order valence-electron chi connectivity index (χ3n) is 4.94. The van der Waals surface area contributed by atoms with Crippen molar-refractivity contribution in [3.63, 3.8) is 0 Å². The number of benzene rings is 1. The van der Waals surface area contributed by atoms with Gasteiger partial charge in [0.25, 0.3) is 5.56 Å². The summed E-state index contributed by atoms with van der Waals surface area (Å²) >= 11 is 0. The Bertz CT molecular complexity index is 845. The molecular weight excluding hydrogens is 342 g/mol. The van der Waals surface area contributed by atoms with Crippen molar-refractivity contribution in [3.05, 3.63) is 51.2 Å². The molecule has 0 spiro atoms. The van der Waals surface area contributed by atoms with Crippen LogP contribution >= 0.6 is 0 Å². The second-order valence-corrected chi connectivity index (χ2v) is 7.23. The van der Waals surface area contributed by atoms with Gasteiger partial charge in [0.2, 0.25) is 0 Å². The van der Waals surface area contributed by atoms with Crippen LogP contribution in [0.5, 0.6) is 11.5 Å². The third kappa shape index (κ3) is 4.50. The van der Waals surface area contributed by atoms with E-state index in [0.29, 0.717) is 6.61 Å². The van der Waals surface area contributed by atoms with E-state index in [-0.39, 0.29) is 11.5 Å². The fraction of sp³-hybridized carbons (Fsp3) is 0.524. The van der Waals surface area contributed by atoms with Gasteiger partial charge in [0, 0.05) is 37.5 Å². The number of hydrogen-bond donors (Lipinski definition) is 1. The Morgan fingerprint density at radius 2 is 2.00 bits per heavy atom. The van der Waals surface area contributed by atoms with E-state index < -0.39 is 0 Å². The Labute approximate surface area is 160 Å². The third-order valence-corrected chi connectivity index (χ3v) is 4.94. The van der Waals surface area contributed by atoms with E-state index in [0.717, 1.165) is 61.1 Å². The highest BCUT2D eigenvalue weighted by molar-refractivity contribution is 5.43. The molecule has 27 heavy (non-hydrogen) atoms. The summed E-state index contributed by atoms with van der Waals surface area (Å²) in [5.41, 5.74) is 2.99.